The van der Waals surface area contributed by atoms with E-state index in [1.807, 2.05) is 19.1 Å². The zero-order chi connectivity index (χ0) is 19.4. The van der Waals surface area contributed by atoms with Gasteiger partial charge in [0, 0.05) is 43.3 Å². The van der Waals surface area contributed by atoms with Crippen molar-refractivity contribution in [1.82, 2.24) is 16.0 Å². The summed E-state index contributed by atoms with van der Waals surface area (Å²) in [6.45, 7) is 8.98. The zero-order valence-corrected chi connectivity index (χ0v) is 17.7. The lowest BCUT2D eigenvalue weighted by Crippen LogP contribution is -2.42. The van der Waals surface area contributed by atoms with Gasteiger partial charge in [0.2, 0.25) is 0 Å². The van der Waals surface area contributed by atoms with Crippen LogP contribution in [-0.2, 0) is 4.74 Å². The van der Waals surface area contributed by atoms with Crippen molar-refractivity contribution >= 4 is 27.8 Å². The number of guanidine groups is 1. The molecule has 3 N–H and O–H groups in total. The van der Waals surface area contributed by atoms with Crippen LogP contribution in [0.2, 0.25) is 0 Å². The maximum absolute atomic E-state index is 12.1. The van der Waals surface area contributed by atoms with E-state index in [0.717, 1.165) is 30.0 Å². The third kappa shape index (κ3) is 8.67. The molecular formula is C19H31BrN4O2. The molecule has 0 heterocycles. The number of aliphatic imine (C=N–C) groups is 1. The van der Waals surface area contributed by atoms with Gasteiger partial charge in [-0.25, -0.2) is 0 Å². The van der Waals surface area contributed by atoms with Gasteiger partial charge >= 0.3 is 0 Å². The molecule has 1 aromatic carbocycles. The maximum Gasteiger partial charge on any atom is 0.251 e. The van der Waals surface area contributed by atoms with Crippen molar-refractivity contribution < 1.29 is 9.53 Å². The van der Waals surface area contributed by atoms with Crippen LogP contribution in [0.4, 0.5) is 0 Å². The number of ether oxygens (including phenoxy) is 1. The molecule has 146 valence electrons. The van der Waals surface area contributed by atoms with Crippen LogP contribution < -0.4 is 16.0 Å². The number of hydrogen-bond donors (Lipinski definition) is 3. The molecule has 6 nitrogen and oxygen atoms in total. The highest BCUT2D eigenvalue weighted by atomic mass is 79.9. The molecule has 0 fully saturated rings. The van der Waals surface area contributed by atoms with Crippen molar-refractivity contribution in [3.63, 3.8) is 0 Å². The molecule has 0 aliphatic rings. The highest BCUT2D eigenvalue weighted by molar-refractivity contribution is 9.10. The number of amides is 1. The molecule has 0 saturated carbocycles. The lowest BCUT2D eigenvalue weighted by Gasteiger charge is -2.21. The summed E-state index contributed by atoms with van der Waals surface area (Å²) < 4.78 is 6.63. The molecule has 0 bridgehead atoms. The van der Waals surface area contributed by atoms with Crippen LogP contribution in [0.25, 0.3) is 0 Å². The molecular weight excluding hydrogens is 396 g/mol. The second kappa shape index (κ2) is 12.7. The predicted molar refractivity (Wildman–Crippen MR) is 111 cm³/mol. The molecule has 1 unspecified atom stereocenters. The normalized spacial score (nSPS) is 12.8. The lowest BCUT2D eigenvalue weighted by molar-refractivity contribution is 0.0258. The summed E-state index contributed by atoms with van der Waals surface area (Å²) in [5.74, 6) is 1.12. The van der Waals surface area contributed by atoms with E-state index in [0.29, 0.717) is 24.6 Å². The molecule has 1 rings (SSSR count). The van der Waals surface area contributed by atoms with Crippen molar-refractivity contribution in [1.29, 1.82) is 0 Å². The number of carbonyl (C=O) groups excluding carboxylic acids is 1. The molecule has 0 aromatic heterocycles. The number of benzene rings is 1. The van der Waals surface area contributed by atoms with E-state index >= 15 is 0 Å². The van der Waals surface area contributed by atoms with Gasteiger partial charge < -0.3 is 20.7 Å². The second-order valence-corrected chi connectivity index (χ2v) is 7.13. The predicted octanol–water partition coefficient (Wildman–Crippen LogP) is 2.80. The van der Waals surface area contributed by atoms with Crippen LogP contribution in [0.5, 0.6) is 0 Å². The Balaban J connectivity index is 2.26. The Morgan fingerprint density at radius 3 is 2.50 bits per heavy atom. The van der Waals surface area contributed by atoms with E-state index in [2.05, 4.69) is 50.7 Å². The minimum Gasteiger partial charge on any atom is -0.378 e. The lowest BCUT2D eigenvalue weighted by atomic mass is 10.0. The molecule has 26 heavy (non-hydrogen) atoms. The number of nitrogens with zero attached hydrogens (tertiary/aromatic N) is 1. The minimum atomic E-state index is -0.0902. The number of nitrogens with one attached hydrogen (secondary N) is 3. The van der Waals surface area contributed by atoms with Gasteiger partial charge in [-0.1, -0.05) is 35.8 Å². The number of hydrogen-bond acceptors (Lipinski definition) is 3. The van der Waals surface area contributed by atoms with Crippen molar-refractivity contribution in [2.24, 2.45) is 10.9 Å². The van der Waals surface area contributed by atoms with E-state index < -0.39 is 0 Å². The summed E-state index contributed by atoms with van der Waals surface area (Å²) in [6.07, 6.45) is 1.17. The highest BCUT2D eigenvalue weighted by Crippen LogP contribution is 2.11. The van der Waals surface area contributed by atoms with Crippen molar-refractivity contribution in [2.45, 2.75) is 33.3 Å². The SMILES string of the molecule is CCOC(CCNC(=NC)NCCNC(=O)c1cccc(Br)c1)C(C)C. The Kier molecular flexibility index (Phi) is 11.0. The van der Waals surface area contributed by atoms with Crippen LogP contribution in [0.15, 0.2) is 33.7 Å². The van der Waals surface area contributed by atoms with Crippen molar-refractivity contribution in [2.75, 3.05) is 33.3 Å². The van der Waals surface area contributed by atoms with Crippen LogP contribution in [0.1, 0.15) is 37.6 Å². The maximum atomic E-state index is 12.1. The minimum absolute atomic E-state index is 0.0902. The Bertz CT molecular complexity index is 578. The Morgan fingerprint density at radius 2 is 1.88 bits per heavy atom. The van der Waals surface area contributed by atoms with Gasteiger partial charge in [-0.2, -0.15) is 0 Å². The summed E-state index contributed by atoms with van der Waals surface area (Å²) in [7, 11) is 1.73. The van der Waals surface area contributed by atoms with Gasteiger partial charge in [0.05, 0.1) is 6.10 Å². The fourth-order valence-corrected chi connectivity index (χ4v) is 2.86. The molecule has 1 atom stereocenters. The first-order valence-electron chi connectivity index (χ1n) is 9.07. The first-order chi connectivity index (χ1) is 12.5. The molecule has 7 heteroatoms. The molecule has 1 aromatic rings. The molecule has 0 saturated heterocycles. The summed E-state index contributed by atoms with van der Waals surface area (Å²) >= 11 is 3.37. The van der Waals surface area contributed by atoms with Crippen LogP contribution in [-0.4, -0.2) is 51.3 Å². The third-order valence-corrected chi connectivity index (χ3v) is 4.35. The monoisotopic (exact) mass is 426 g/mol. The van der Waals surface area contributed by atoms with Crippen molar-refractivity contribution in [3.8, 4) is 0 Å². The van der Waals surface area contributed by atoms with Crippen LogP contribution in [0, 0.1) is 5.92 Å². The topological polar surface area (TPSA) is 74.8 Å². The average molecular weight is 427 g/mol. The fraction of sp³-hybridized carbons (Fsp3) is 0.579. The van der Waals surface area contributed by atoms with Gasteiger partial charge in [-0.3, -0.25) is 9.79 Å². The van der Waals surface area contributed by atoms with E-state index in [4.69, 9.17) is 4.74 Å². The number of rotatable bonds is 10. The zero-order valence-electron chi connectivity index (χ0n) is 16.1. The van der Waals surface area contributed by atoms with Crippen LogP contribution >= 0.6 is 15.9 Å². The quantitative estimate of drug-likeness (QED) is 0.305. The Labute approximate surface area is 165 Å². The standard InChI is InChI=1S/C19H31BrN4O2/c1-5-26-17(14(2)3)9-10-23-19(21-4)24-12-11-22-18(25)15-7-6-8-16(20)13-15/h6-8,13-14,17H,5,9-12H2,1-4H3,(H,22,25)(H2,21,23,24). The number of carbonyl (C=O) groups is 1. The first kappa shape index (κ1) is 22.4. The second-order valence-electron chi connectivity index (χ2n) is 6.22. The van der Waals surface area contributed by atoms with Gasteiger partial charge in [0.25, 0.3) is 5.91 Å². The Hall–Kier alpha value is -1.60. The van der Waals surface area contributed by atoms with Gasteiger partial charge in [-0.15, -0.1) is 0 Å². The fourth-order valence-electron chi connectivity index (χ4n) is 2.47. The molecule has 0 aliphatic carbocycles. The first-order valence-corrected chi connectivity index (χ1v) is 9.87. The molecule has 0 aliphatic heterocycles. The smallest absolute Gasteiger partial charge is 0.251 e. The Morgan fingerprint density at radius 1 is 1.19 bits per heavy atom. The average Bonchev–Trinajstić information content (AvgIpc) is 2.62. The number of halogens is 1. The largest absolute Gasteiger partial charge is 0.378 e. The summed E-state index contributed by atoms with van der Waals surface area (Å²) in [4.78, 5) is 16.3. The van der Waals surface area contributed by atoms with Gasteiger partial charge in [-0.05, 0) is 37.5 Å². The molecule has 1 amide bonds. The molecule has 0 radical (unpaired) electrons. The van der Waals surface area contributed by atoms with E-state index in [9.17, 15) is 4.79 Å². The summed E-state index contributed by atoms with van der Waals surface area (Å²) in [6, 6.07) is 7.32. The summed E-state index contributed by atoms with van der Waals surface area (Å²) in [5, 5.41) is 9.36. The highest BCUT2D eigenvalue weighted by Gasteiger charge is 2.13. The third-order valence-electron chi connectivity index (χ3n) is 3.86. The van der Waals surface area contributed by atoms with Crippen molar-refractivity contribution in [3.05, 3.63) is 34.3 Å². The van der Waals surface area contributed by atoms with E-state index in [1.54, 1.807) is 19.2 Å². The van der Waals surface area contributed by atoms with Gasteiger partial charge in [0.1, 0.15) is 0 Å². The van der Waals surface area contributed by atoms with E-state index in [1.165, 1.54) is 0 Å². The molecule has 0 spiro atoms. The van der Waals surface area contributed by atoms with E-state index in [-0.39, 0.29) is 12.0 Å². The summed E-state index contributed by atoms with van der Waals surface area (Å²) in [5.41, 5.74) is 0.637. The van der Waals surface area contributed by atoms with Gasteiger partial charge in [0.15, 0.2) is 5.96 Å². The van der Waals surface area contributed by atoms with Crippen LogP contribution in [0.3, 0.4) is 0 Å².